The summed E-state index contributed by atoms with van der Waals surface area (Å²) in [4.78, 5) is 26.5. The first-order chi connectivity index (χ1) is 8.87. The van der Waals surface area contributed by atoms with Gasteiger partial charge < -0.3 is 14.8 Å². The molecule has 0 aliphatic rings. The van der Waals surface area contributed by atoms with Crippen LogP contribution in [0.3, 0.4) is 0 Å². The fourth-order valence-electron chi connectivity index (χ4n) is 1.15. The van der Waals surface area contributed by atoms with Crippen LogP contribution in [0.25, 0.3) is 0 Å². The number of aromatic nitrogens is 1. The number of carbonyl (C=O) groups excluding carboxylic acids is 2. The molecule has 0 radical (unpaired) electrons. The van der Waals surface area contributed by atoms with E-state index in [1.165, 1.54) is 0 Å². The van der Waals surface area contributed by atoms with Gasteiger partial charge in [0.05, 0.1) is 0 Å². The number of rotatable bonds is 4. The standard InChI is InChI=1S/C13H18N2O4/c1-13(2,3)19-12(17)15-8-11(16)18-9-10-4-6-14-7-5-10/h4-7H,8-9H2,1-3H3,(H,15,17). The summed E-state index contributed by atoms with van der Waals surface area (Å²) in [6.45, 7) is 5.16. The lowest BCUT2D eigenvalue weighted by atomic mass is 10.2. The van der Waals surface area contributed by atoms with Crippen molar-refractivity contribution in [2.75, 3.05) is 6.54 Å². The molecule has 0 aromatic carbocycles. The van der Waals surface area contributed by atoms with Crippen molar-refractivity contribution in [2.45, 2.75) is 33.0 Å². The van der Waals surface area contributed by atoms with Gasteiger partial charge in [0, 0.05) is 12.4 Å². The molecule has 1 N–H and O–H groups in total. The number of carbonyl (C=O) groups is 2. The second kappa shape index (κ2) is 6.72. The van der Waals surface area contributed by atoms with Gasteiger partial charge in [0.2, 0.25) is 0 Å². The van der Waals surface area contributed by atoms with Crippen LogP contribution in [0.4, 0.5) is 4.79 Å². The lowest BCUT2D eigenvalue weighted by molar-refractivity contribution is -0.143. The van der Waals surface area contributed by atoms with Gasteiger partial charge in [-0.2, -0.15) is 0 Å². The summed E-state index contributed by atoms with van der Waals surface area (Å²) in [7, 11) is 0. The summed E-state index contributed by atoms with van der Waals surface area (Å²) < 4.78 is 9.96. The predicted octanol–water partition coefficient (Wildman–Crippen LogP) is 1.65. The normalized spacial score (nSPS) is 10.7. The van der Waals surface area contributed by atoms with Gasteiger partial charge in [-0.05, 0) is 38.5 Å². The highest BCUT2D eigenvalue weighted by Gasteiger charge is 2.16. The van der Waals surface area contributed by atoms with Crippen molar-refractivity contribution in [1.29, 1.82) is 0 Å². The number of hydrogen-bond donors (Lipinski definition) is 1. The molecule has 0 bridgehead atoms. The van der Waals surface area contributed by atoms with Crippen LogP contribution in [-0.2, 0) is 20.9 Å². The lowest BCUT2D eigenvalue weighted by Gasteiger charge is -2.19. The molecule has 1 rings (SSSR count). The Labute approximate surface area is 112 Å². The van der Waals surface area contributed by atoms with Crippen LogP contribution in [-0.4, -0.2) is 29.2 Å². The van der Waals surface area contributed by atoms with Crippen LogP contribution >= 0.6 is 0 Å². The van der Waals surface area contributed by atoms with Crippen LogP contribution in [0.15, 0.2) is 24.5 Å². The molecule has 1 aromatic heterocycles. The summed E-state index contributed by atoms with van der Waals surface area (Å²) in [5.41, 5.74) is 0.242. The van der Waals surface area contributed by atoms with E-state index >= 15 is 0 Å². The van der Waals surface area contributed by atoms with Crippen molar-refractivity contribution < 1.29 is 19.1 Å². The minimum atomic E-state index is -0.645. The van der Waals surface area contributed by atoms with Gasteiger partial charge in [-0.25, -0.2) is 4.79 Å². The Hall–Kier alpha value is -2.11. The Morgan fingerprint density at radius 1 is 1.26 bits per heavy atom. The summed E-state index contributed by atoms with van der Waals surface area (Å²) in [6.07, 6.45) is 2.58. The smallest absolute Gasteiger partial charge is 0.408 e. The molecule has 1 aromatic rings. The van der Waals surface area contributed by atoms with Gasteiger partial charge in [-0.15, -0.1) is 0 Å². The van der Waals surface area contributed by atoms with E-state index in [0.29, 0.717) is 0 Å². The average Bonchev–Trinajstić information content (AvgIpc) is 2.33. The molecule has 0 spiro atoms. The zero-order valence-corrected chi connectivity index (χ0v) is 11.3. The first-order valence-electron chi connectivity index (χ1n) is 5.88. The second-order valence-corrected chi connectivity index (χ2v) is 4.87. The number of ether oxygens (including phenoxy) is 2. The third kappa shape index (κ3) is 7.03. The molecule has 0 aliphatic heterocycles. The minimum absolute atomic E-state index is 0.150. The van der Waals surface area contributed by atoms with Crippen molar-refractivity contribution in [3.63, 3.8) is 0 Å². The van der Waals surface area contributed by atoms with Crippen molar-refractivity contribution in [2.24, 2.45) is 0 Å². The Kier molecular flexibility index (Phi) is 5.29. The highest BCUT2D eigenvalue weighted by molar-refractivity contribution is 5.77. The van der Waals surface area contributed by atoms with Gasteiger partial charge in [0.1, 0.15) is 18.8 Å². The molecular weight excluding hydrogens is 248 g/mol. The van der Waals surface area contributed by atoms with Crippen LogP contribution in [0.1, 0.15) is 26.3 Å². The topological polar surface area (TPSA) is 77.5 Å². The van der Waals surface area contributed by atoms with Gasteiger partial charge in [0.15, 0.2) is 0 Å². The summed E-state index contributed by atoms with van der Waals surface area (Å²) in [6, 6.07) is 3.49. The zero-order valence-electron chi connectivity index (χ0n) is 11.3. The first kappa shape index (κ1) is 14.9. The van der Waals surface area contributed by atoms with Crippen LogP contribution < -0.4 is 5.32 Å². The number of pyridine rings is 1. The number of amides is 1. The van der Waals surface area contributed by atoms with Crippen LogP contribution in [0, 0.1) is 0 Å². The Morgan fingerprint density at radius 2 is 1.89 bits per heavy atom. The van der Waals surface area contributed by atoms with E-state index in [-0.39, 0.29) is 13.2 Å². The van der Waals surface area contributed by atoms with E-state index in [0.717, 1.165) is 5.56 Å². The van der Waals surface area contributed by atoms with E-state index in [9.17, 15) is 9.59 Å². The minimum Gasteiger partial charge on any atom is -0.459 e. The first-order valence-corrected chi connectivity index (χ1v) is 5.88. The molecule has 6 nitrogen and oxygen atoms in total. The largest absolute Gasteiger partial charge is 0.459 e. The number of hydrogen-bond acceptors (Lipinski definition) is 5. The number of nitrogens with zero attached hydrogens (tertiary/aromatic N) is 1. The molecular formula is C13H18N2O4. The van der Waals surface area contributed by atoms with Crippen molar-refractivity contribution in [3.05, 3.63) is 30.1 Å². The summed E-state index contributed by atoms with van der Waals surface area (Å²) in [5, 5.41) is 2.33. The maximum atomic E-state index is 11.4. The molecule has 19 heavy (non-hydrogen) atoms. The Bertz CT molecular complexity index is 426. The SMILES string of the molecule is CC(C)(C)OC(=O)NCC(=O)OCc1ccncc1. The molecule has 1 amide bonds. The highest BCUT2D eigenvalue weighted by atomic mass is 16.6. The third-order valence-electron chi connectivity index (χ3n) is 1.93. The van der Waals surface area contributed by atoms with E-state index in [4.69, 9.17) is 9.47 Å². The summed E-state index contributed by atoms with van der Waals surface area (Å²) in [5.74, 6) is -0.525. The number of alkyl carbamates (subject to hydrolysis) is 1. The van der Waals surface area contributed by atoms with Crippen molar-refractivity contribution in [1.82, 2.24) is 10.3 Å². The maximum Gasteiger partial charge on any atom is 0.408 e. The predicted molar refractivity (Wildman–Crippen MR) is 68.3 cm³/mol. The van der Waals surface area contributed by atoms with E-state index < -0.39 is 17.7 Å². The van der Waals surface area contributed by atoms with Crippen LogP contribution in [0.2, 0.25) is 0 Å². The summed E-state index contributed by atoms with van der Waals surface area (Å²) >= 11 is 0. The third-order valence-corrected chi connectivity index (χ3v) is 1.93. The van der Waals surface area contributed by atoms with E-state index in [1.807, 2.05) is 0 Å². The Morgan fingerprint density at radius 3 is 2.47 bits per heavy atom. The number of esters is 1. The van der Waals surface area contributed by atoms with Gasteiger partial charge >= 0.3 is 12.1 Å². The second-order valence-electron chi connectivity index (χ2n) is 4.87. The molecule has 6 heteroatoms. The van der Waals surface area contributed by atoms with Gasteiger partial charge in [0.25, 0.3) is 0 Å². The Balaban J connectivity index is 2.23. The fourth-order valence-corrected chi connectivity index (χ4v) is 1.15. The zero-order chi connectivity index (χ0) is 14.3. The van der Waals surface area contributed by atoms with E-state index in [2.05, 4.69) is 10.3 Å². The van der Waals surface area contributed by atoms with E-state index in [1.54, 1.807) is 45.3 Å². The maximum absolute atomic E-state index is 11.4. The molecule has 104 valence electrons. The fraction of sp³-hybridized carbons (Fsp3) is 0.462. The molecule has 0 saturated carbocycles. The van der Waals surface area contributed by atoms with Crippen LogP contribution in [0.5, 0.6) is 0 Å². The lowest BCUT2D eigenvalue weighted by Crippen LogP contribution is -2.36. The highest BCUT2D eigenvalue weighted by Crippen LogP contribution is 2.06. The van der Waals surface area contributed by atoms with Gasteiger partial charge in [-0.3, -0.25) is 9.78 Å². The molecule has 0 aliphatic carbocycles. The monoisotopic (exact) mass is 266 g/mol. The quantitative estimate of drug-likeness (QED) is 0.838. The molecule has 0 fully saturated rings. The average molecular weight is 266 g/mol. The molecule has 0 saturated heterocycles. The van der Waals surface area contributed by atoms with Crippen molar-refractivity contribution in [3.8, 4) is 0 Å². The molecule has 1 heterocycles. The van der Waals surface area contributed by atoms with Gasteiger partial charge in [-0.1, -0.05) is 0 Å². The number of nitrogens with one attached hydrogen (secondary N) is 1. The molecule has 0 unspecified atom stereocenters. The van der Waals surface area contributed by atoms with Crippen molar-refractivity contribution >= 4 is 12.1 Å². The molecule has 0 atom stereocenters.